The Kier molecular flexibility index (Phi) is 29.8. The van der Waals surface area contributed by atoms with Crippen LogP contribution in [0.4, 0.5) is 0 Å². The Balaban J connectivity index is 0. The van der Waals surface area contributed by atoms with Crippen molar-refractivity contribution in [2.24, 2.45) is 0 Å². The van der Waals surface area contributed by atoms with E-state index >= 15 is 0 Å². The second-order valence-corrected chi connectivity index (χ2v) is 11.4. The van der Waals surface area contributed by atoms with Gasteiger partial charge in [-0.3, -0.25) is 0 Å². The number of allylic oxidation sites excluding steroid dienone is 6. The molecule has 222 valence electrons. The van der Waals surface area contributed by atoms with E-state index in [1.807, 2.05) is 0 Å². The first-order valence-corrected chi connectivity index (χ1v) is 15.2. The molecule has 0 saturated heterocycles. The normalized spacial score (nSPS) is 13.5. The van der Waals surface area contributed by atoms with E-state index in [2.05, 4.69) is 90.0 Å². The minimum atomic E-state index is 0. The summed E-state index contributed by atoms with van der Waals surface area (Å²) in [6.45, 7) is 16.3. The fourth-order valence-electron chi connectivity index (χ4n) is 4.15. The van der Waals surface area contributed by atoms with Crippen molar-refractivity contribution in [3.05, 3.63) is 53.5 Å². The molecule has 0 aromatic heterocycles. The van der Waals surface area contributed by atoms with E-state index in [9.17, 15) is 0 Å². The van der Waals surface area contributed by atoms with Gasteiger partial charge in [-0.05, 0) is 106 Å². The molecule has 0 heterocycles. The van der Waals surface area contributed by atoms with Crippen molar-refractivity contribution in [2.75, 3.05) is 67.7 Å². The Morgan fingerprint density at radius 1 is 0.641 bits per heavy atom. The predicted molar refractivity (Wildman–Crippen MR) is 169 cm³/mol. The number of nitrogens with zero attached hydrogens (tertiary/aromatic N) is 2. The average molecular weight is 539 g/mol. The van der Waals surface area contributed by atoms with Crippen LogP contribution in [0.25, 0.3) is 0 Å². The first kappa shape index (κ1) is 40.4. The maximum atomic E-state index is 5.83. The van der Waals surface area contributed by atoms with Crippen molar-refractivity contribution < 1.29 is 28.3 Å². The van der Waals surface area contributed by atoms with Crippen molar-refractivity contribution >= 4 is 0 Å². The summed E-state index contributed by atoms with van der Waals surface area (Å²) in [5.41, 5.74) is 5.53. The summed E-state index contributed by atoms with van der Waals surface area (Å²) in [5.74, 6) is 0. The van der Waals surface area contributed by atoms with Crippen LogP contribution in [0.1, 0.15) is 97.8 Å². The van der Waals surface area contributed by atoms with Gasteiger partial charge in [0.05, 0.1) is 13.2 Å². The fourth-order valence-corrected chi connectivity index (χ4v) is 4.15. The van der Waals surface area contributed by atoms with Crippen LogP contribution >= 0.6 is 0 Å². The van der Waals surface area contributed by atoms with Crippen LogP contribution < -0.4 is 18.9 Å². The van der Waals surface area contributed by atoms with Crippen molar-refractivity contribution in [1.29, 1.82) is 0 Å². The van der Waals surface area contributed by atoms with Crippen LogP contribution in [-0.2, 0) is 9.47 Å². The van der Waals surface area contributed by atoms with Gasteiger partial charge in [0.1, 0.15) is 0 Å². The Bertz CT molecular complexity index is 681. The predicted octanol–water partition coefficient (Wildman–Crippen LogP) is 5.43. The Hall–Kier alpha value is -0.733. The van der Waals surface area contributed by atoms with Gasteiger partial charge in [-0.15, -0.1) is 0 Å². The SMILES string of the molecule is [CH2-]/C(=C/CC/C(=C/CCCCC)CC/C=C(/C)COCCCN(C)C)CC/C=C(/C)COCCCN(C)C.[Li+]. The minimum absolute atomic E-state index is 0. The van der Waals surface area contributed by atoms with Crippen LogP contribution in [0.2, 0.25) is 0 Å². The Labute approximate surface area is 256 Å². The van der Waals surface area contributed by atoms with E-state index in [1.165, 1.54) is 42.4 Å². The average Bonchev–Trinajstić information content (AvgIpc) is 2.85. The summed E-state index contributed by atoms with van der Waals surface area (Å²) in [6.07, 6.45) is 23.4. The monoisotopic (exact) mass is 539 g/mol. The second kappa shape index (κ2) is 28.8. The third-order valence-electron chi connectivity index (χ3n) is 6.50. The maximum absolute atomic E-state index is 5.83. The van der Waals surface area contributed by atoms with Crippen molar-refractivity contribution in [2.45, 2.75) is 97.8 Å². The molecule has 0 aliphatic heterocycles. The van der Waals surface area contributed by atoms with Crippen molar-refractivity contribution in [3.8, 4) is 0 Å². The molecular formula is C34H63LiN2O2. The molecule has 0 saturated carbocycles. The number of hydrogen-bond acceptors (Lipinski definition) is 4. The van der Waals surface area contributed by atoms with Crippen LogP contribution in [-0.4, -0.2) is 77.5 Å². The molecule has 0 N–H and O–H groups in total. The zero-order chi connectivity index (χ0) is 28.4. The molecule has 0 rings (SSSR count). The van der Waals surface area contributed by atoms with E-state index in [-0.39, 0.29) is 18.9 Å². The van der Waals surface area contributed by atoms with Gasteiger partial charge in [0, 0.05) is 13.2 Å². The van der Waals surface area contributed by atoms with Gasteiger partial charge in [0.15, 0.2) is 0 Å². The summed E-state index contributed by atoms with van der Waals surface area (Å²) in [5, 5.41) is 0. The van der Waals surface area contributed by atoms with Gasteiger partial charge in [0.25, 0.3) is 0 Å². The van der Waals surface area contributed by atoms with E-state index in [0.717, 1.165) is 90.9 Å². The summed E-state index contributed by atoms with van der Waals surface area (Å²) in [7, 11) is 8.42. The van der Waals surface area contributed by atoms with Gasteiger partial charge in [-0.2, -0.15) is 0 Å². The van der Waals surface area contributed by atoms with Crippen LogP contribution in [0.3, 0.4) is 0 Å². The third kappa shape index (κ3) is 30.1. The van der Waals surface area contributed by atoms with Crippen LogP contribution in [0.15, 0.2) is 46.6 Å². The number of ether oxygens (including phenoxy) is 2. The molecule has 0 aliphatic carbocycles. The van der Waals surface area contributed by atoms with Crippen molar-refractivity contribution in [3.63, 3.8) is 0 Å². The molecule has 0 aromatic rings. The van der Waals surface area contributed by atoms with Gasteiger partial charge >= 0.3 is 18.9 Å². The topological polar surface area (TPSA) is 24.9 Å². The molecule has 0 amide bonds. The standard InChI is InChI=1S/C34H63N2O2.Li/c1-9-10-11-12-22-34(24-15-21-33(4)30-38-28-17-26-36(7)8)23-14-19-31(2)18-13-20-32(3)29-37-27-16-25-35(5)6;/h19-22H,2,9-18,23-30H2,1,3-8H3;/q-1;+1/b31-19-,32-20-,33-21-,34-22-;. The molecule has 0 aromatic carbocycles. The summed E-state index contributed by atoms with van der Waals surface area (Å²) < 4.78 is 11.6. The number of hydrogen-bond donors (Lipinski definition) is 0. The van der Waals surface area contributed by atoms with E-state index < -0.39 is 0 Å². The van der Waals surface area contributed by atoms with E-state index in [4.69, 9.17) is 9.47 Å². The Morgan fingerprint density at radius 3 is 1.62 bits per heavy atom. The molecule has 0 fully saturated rings. The van der Waals surface area contributed by atoms with Gasteiger partial charge in [-0.25, -0.2) is 18.6 Å². The first-order chi connectivity index (χ1) is 18.2. The van der Waals surface area contributed by atoms with Gasteiger partial charge < -0.3 is 19.3 Å². The molecule has 5 heteroatoms. The zero-order valence-electron chi connectivity index (χ0n) is 27.5. The largest absolute Gasteiger partial charge is 1.00 e. The Morgan fingerprint density at radius 2 is 1.13 bits per heavy atom. The zero-order valence-corrected chi connectivity index (χ0v) is 27.5. The molecule has 39 heavy (non-hydrogen) atoms. The molecule has 4 nitrogen and oxygen atoms in total. The van der Waals surface area contributed by atoms with Crippen molar-refractivity contribution in [1.82, 2.24) is 9.80 Å². The number of unbranched alkanes of at least 4 members (excludes halogenated alkanes) is 3. The maximum Gasteiger partial charge on any atom is 1.00 e. The van der Waals surface area contributed by atoms with E-state index in [1.54, 1.807) is 5.57 Å². The van der Waals surface area contributed by atoms with Crippen LogP contribution in [0.5, 0.6) is 0 Å². The second-order valence-electron chi connectivity index (χ2n) is 11.4. The number of rotatable bonds is 25. The molecule has 0 aliphatic rings. The van der Waals surface area contributed by atoms with E-state index in [0.29, 0.717) is 0 Å². The van der Waals surface area contributed by atoms with Crippen LogP contribution in [0, 0.1) is 6.92 Å². The smallest absolute Gasteiger partial charge is 0.377 e. The first-order valence-electron chi connectivity index (χ1n) is 15.2. The molecular weight excluding hydrogens is 475 g/mol. The third-order valence-corrected chi connectivity index (χ3v) is 6.50. The molecule has 0 radical (unpaired) electrons. The molecule has 0 bridgehead atoms. The summed E-state index contributed by atoms with van der Waals surface area (Å²) in [6, 6.07) is 0. The molecule has 0 spiro atoms. The minimum Gasteiger partial charge on any atom is -0.377 e. The fraction of sp³-hybridized carbons (Fsp3) is 0.735. The summed E-state index contributed by atoms with van der Waals surface area (Å²) >= 11 is 0. The van der Waals surface area contributed by atoms with Gasteiger partial charge in [-0.1, -0.05) is 67.6 Å². The molecule has 0 unspecified atom stereocenters. The molecule has 0 atom stereocenters. The quantitative estimate of drug-likeness (QED) is 0.0670. The summed E-state index contributed by atoms with van der Waals surface area (Å²) in [4.78, 5) is 4.40. The van der Waals surface area contributed by atoms with Gasteiger partial charge in [0.2, 0.25) is 0 Å².